The maximum absolute atomic E-state index is 9.22. The molecule has 18 heavy (non-hydrogen) atoms. The number of nitrogens with zero attached hydrogens (tertiary/aromatic N) is 1. The van der Waals surface area contributed by atoms with Crippen molar-refractivity contribution in [2.24, 2.45) is 11.7 Å². The summed E-state index contributed by atoms with van der Waals surface area (Å²) >= 11 is 1.74. The first-order valence-electron chi connectivity index (χ1n) is 6.42. The molecule has 1 aromatic rings. The maximum atomic E-state index is 9.22. The predicted molar refractivity (Wildman–Crippen MR) is 75.3 cm³/mol. The van der Waals surface area contributed by atoms with Gasteiger partial charge in [0.2, 0.25) is 0 Å². The first-order chi connectivity index (χ1) is 8.81. The lowest BCUT2D eigenvalue weighted by Crippen LogP contribution is -2.36. The third kappa shape index (κ3) is 3.82. The van der Waals surface area contributed by atoms with Crippen molar-refractivity contribution in [1.29, 1.82) is 0 Å². The van der Waals surface area contributed by atoms with Crippen LogP contribution >= 0.6 is 11.3 Å². The summed E-state index contributed by atoms with van der Waals surface area (Å²) in [5.74, 6) is 6.40. The Labute approximate surface area is 113 Å². The summed E-state index contributed by atoms with van der Waals surface area (Å²) in [5, 5.41) is 9.22. The Kier molecular flexibility index (Phi) is 5.21. The van der Waals surface area contributed by atoms with E-state index in [1.807, 2.05) is 0 Å². The molecule has 3 nitrogen and oxygen atoms in total. The minimum atomic E-state index is 0.314. The van der Waals surface area contributed by atoms with Crippen molar-refractivity contribution >= 4 is 11.3 Å². The lowest BCUT2D eigenvalue weighted by Gasteiger charge is -2.31. The van der Waals surface area contributed by atoms with Crippen LogP contribution in [-0.4, -0.2) is 36.2 Å². The minimum absolute atomic E-state index is 0.314. The highest BCUT2D eigenvalue weighted by Crippen LogP contribution is 2.21. The molecular weight excluding hydrogens is 244 g/mol. The van der Waals surface area contributed by atoms with Crippen molar-refractivity contribution in [3.63, 3.8) is 0 Å². The van der Waals surface area contributed by atoms with Gasteiger partial charge in [-0.05, 0) is 37.4 Å². The molecule has 1 aromatic heterocycles. The number of piperidine rings is 1. The lowest BCUT2D eigenvalue weighted by atomic mass is 9.99. The van der Waals surface area contributed by atoms with Gasteiger partial charge in [-0.2, -0.15) is 0 Å². The first kappa shape index (κ1) is 13.6. The Morgan fingerprint density at radius 1 is 1.50 bits per heavy atom. The largest absolute Gasteiger partial charge is 0.396 e. The van der Waals surface area contributed by atoms with Crippen LogP contribution in [-0.2, 0) is 6.54 Å². The Bertz CT molecular complexity index is 432. The number of aliphatic hydroxyl groups excluding tert-OH is 1. The number of likely N-dealkylation sites (tertiary alicyclic amines) is 1. The van der Waals surface area contributed by atoms with Crippen molar-refractivity contribution in [1.82, 2.24) is 4.90 Å². The molecule has 1 aliphatic rings. The number of hydrogen-bond acceptors (Lipinski definition) is 4. The molecule has 1 aliphatic heterocycles. The zero-order valence-electron chi connectivity index (χ0n) is 10.6. The van der Waals surface area contributed by atoms with Gasteiger partial charge < -0.3 is 10.8 Å². The zero-order valence-corrected chi connectivity index (χ0v) is 11.4. The smallest absolute Gasteiger partial charge is 0.0772 e. The van der Waals surface area contributed by atoms with Crippen LogP contribution in [0.15, 0.2) is 12.1 Å². The van der Waals surface area contributed by atoms with Crippen LogP contribution in [0, 0.1) is 17.8 Å². The Morgan fingerprint density at radius 2 is 2.39 bits per heavy atom. The number of aliphatic hydroxyl groups is 1. The van der Waals surface area contributed by atoms with Crippen LogP contribution in [0.25, 0.3) is 0 Å². The van der Waals surface area contributed by atoms with E-state index in [0.717, 1.165) is 30.9 Å². The first-order valence-corrected chi connectivity index (χ1v) is 7.24. The molecule has 1 fully saturated rings. The quantitative estimate of drug-likeness (QED) is 0.808. The third-order valence-electron chi connectivity index (χ3n) is 3.22. The Morgan fingerprint density at radius 3 is 3.17 bits per heavy atom. The van der Waals surface area contributed by atoms with Gasteiger partial charge in [0.05, 0.1) is 11.4 Å². The number of rotatable bonds is 3. The van der Waals surface area contributed by atoms with Crippen LogP contribution in [0.1, 0.15) is 22.6 Å². The van der Waals surface area contributed by atoms with Crippen molar-refractivity contribution in [3.8, 4) is 11.8 Å². The molecule has 0 amide bonds. The fraction of sp³-hybridized carbons (Fsp3) is 0.571. The van der Waals surface area contributed by atoms with Gasteiger partial charge in [-0.3, -0.25) is 4.90 Å². The topological polar surface area (TPSA) is 49.5 Å². The molecule has 4 heteroatoms. The van der Waals surface area contributed by atoms with E-state index in [4.69, 9.17) is 5.73 Å². The molecule has 0 bridgehead atoms. The summed E-state index contributed by atoms with van der Waals surface area (Å²) in [7, 11) is 0. The van der Waals surface area contributed by atoms with Gasteiger partial charge in [-0.15, -0.1) is 11.3 Å². The molecule has 0 saturated carbocycles. The zero-order chi connectivity index (χ0) is 12.8. The van der Waals surface area contributed by atoms with E-state index < -0.39 is 0 Å². The summed E-state index contributed by atoms with van der Waals surface area (Å²) in [5.41, 5.74) is 5.36. The second-order valence-corrected chi connectivity index (χ2v) is 5.87. The molecule has 3 N–H and O–H groups in total. The number of hydrogen-bond donors (Lipinski definition) is 2. The summed E-state index contributed by atoms with van der Waals surface area (Å²) in [6, 6.07) is 4.21. The van der Waals surface area contributed by atoms with E-state index in [1.165, 1.54) is 11.3 Å². The van der Waals surface area contributed by atoms with Gasteiger partial charge in [-0.25, -0.2) is 0 Å². The van der Waals surface area contributed by atoms with E-state index >= 15 is 0 Å². The van der Waals surface area contributed by atoms with Crippen LogP contribution in [0.2, 0.25) is 0 Å². The van der Waals surface area contributed by atoms with Crippen LogP contribution in [0.3, 0.4) is 0 Å². The average molecular weight is 264 g/mol. The molecule has 1 unspecified atom stereocenters. The summed E-state index contributed by atoms with van der Waals surface area (Å²) < 4.78 is 0. The predicted octanol–water partition coefficient (Wildman–Crippen LogP) is 1.26. The van der Waals surface area contributed by atoms with Gasteiger partial charge in [0, 0.05) is 24.6 Å². The normalized spacial score (nSPS) is 20.4. The standard InChI is InChI=1S/C14H20N2OS/c15-7-1-4-13-5-6-14(18-13)10-16-8-2-3-12(9-16)11-17/h5-6,12,17H,2-3,7-11,15H2. The lowest BCUT2D eigenvalue weighted by molar-refractivity contribution is 0.116. The highest BCUT2D eigenvalue weighted by Gasteiger charge is 2.19. The van der Waals surface area contributed by atoms with E-state index in [2.05, 4.69) is 28.9 Å². The second-order valence-electron chi connectivity index (χ2n) is 4.70. The van der Waals surface area contributed by atoms with Gasteiger partial charge in [0.15, 0.2) is 0 Å². The van der Waals surface area contributed by atoms with Crippen LogP contribution in [0.5, 0.6) is 0 Å². The van der Waals surface area contributed by atoms with E-state index in [0.29, 0.717) is 19.1 Å². The molecule has 0 aliphatic carbocycles. The van der Waals surface area contributed by atoms with E-state index in [1.54, 1.807) is 11.3 Å². The molecule has 0 radical (unpaired) electrons. The fourth-order valence-electron chi connectivity index (χ4n) is 2.33. The van der Waals surface area contributed by atoms with E-state index in [9.17, 15) is 5.11 Å². The van der Waals surface area contributed by atoms with Crippen LogP contribution < -0.4 is 5.73 Å². The highest BCUT2D eigenvalue weighted by atomic mass is 32.1. The molecular formula is C14H20N2OS. The summed E-state index contributed by atoms with van der Waals surface area (Å²) in [4.78, 5) is 4.86. The molecule has 98 valence electrons. The SMILES string of the molecule is NCC#Cc1ccc(CN2CCCC(CO)C2)s1. The monoisotopic (exact) mass is 264 g/mol. The fourth-order valence-corrected chi connectivity index (χ4v) is 3.26. The van der Waals surface area contributed by atoms with E-state index in [-0.39, 0.29) is 0 Å². The van der Waals surface area contributed by atoms with Gasteiger partial charge >= 0.3 is 0 Å². The second kappa shape index (κ2) is 6.91. The molecule has 0 spiro atoms. The van der Waals surface area contributed by atoms with Gasteiger partial charge in [0.1, 0.15) is 0 Å². The van der Waals surface area contributed by atoms with Crippen molar-refractivity contribution in [2.45, 2.75) is 19.4 Å². The highest BCUT2D eigenvalue weighted by molar-refractivity contribution is 7.12. The molecule has 0 aromatic carbocycles. The third-order valence-corrected chi connectivity index (χ3v) is 4.20. The van der Waals surface area contributed by atoms with Crippen molar-refractivity contribution in [3.05, 3.63) is 21.9 Å². The number of thiophene rings is 1. The van der Waals surface area contributed by atoms with Crippen LogP contribution in [0.4, 0.5) is 0 Å². The van der Waals surface area contributed by atoms with Gasteiger partial charge in [0.25, 0.3) is 0 Å². The summed E-state index contributed by atoms with van der Waals surface area (Å²) in [6.45, 7) is 3.85. The van der Waals surface area contributed by atoms with Crippen molar-refractivity contribution in [2.75, 3.05) is 26.2 Å². The molecule has 2 rings (SSSR count). The Balaban J connectivity index is 1.90. The maximum Gasteiger partial charge on any atom is 0.0772 e. The Hall–Kier alpha value is -0.860. The average Bonchev–Trinajstić information content (AvgIpc) is 2.84. The molecule has 1 saturated heterocycles. The summed E-state index contributed by atoms with van der Waals surface area (Å²) in [6.07, 6.45) is 2.35. The minimum Gasteiger partial charge on any atom is -0.396 e. The molecule has 1 atom stereocenters. The molecule has 2 heterocycles. The number of nitrogens with two attached hydrogens (primary N) is 1. The van der Waals surface area contributed by atoms with Gasteiger partial charge in [-0.1, -0.05) is 11.8 Å². The van der Waals surface area contributed by atoms with Crippen molar-refractivity contribution < 1.29 is 5.11 Å².